The number of rotatable bonds is 5. The number of nitrogens with zero attached hydrogens (tertiary/aromatic N) is 3. The van der Waals surface area contributed by atoms with Gasteiger partial charge >= 0.3 is 5.97 Å². The molecule has 0 saturated carbocycles. The van der Waals surface area contributed by atoms with Crippen molar-refractivity contribution in [2.75, 3.05) is 5.75 Å². The first-order valence-corrected chi connectivity index (χ1v) is 8.35. The molecule has 1 N–H and O–H groups in total. The summed E-state index contributed by atoms with van der Waals surface area (Å²) in [4.78, 5) is 33.7. The molecule has 2 atom stereocenters. The number of hydrogen-bond donors (Lipinski definition) is 1. The summed E-state index contributed by atoms with van der Waals surface area (Å²) in [6.45, 7) is 1.95. The maximum absolute atomic E-state index is 12.0. The van der Waals surface area contributed by atoms with Gasteiger partial charge in [0.2, 0.25) is 5.91 Å². The Morgan fingerprint density at radius 1 is 1.52 bits per heavy atom. The molecule has 2 aliphatic rings. The molecule has 1 aromatic rings. The Bertz CT molecular complexity index is 620. The van der Waals surface area contributed by atoms with Gasteiger partial charge in [-0.25, -0.2) is 9.78 Å². The summed E-state index contributed by atoms with van der Waals surface area (Å²) in [7, 11) is 0. The molecule has 6 nitrogen and oxygen atoms in total. The van der Waals surface area contributed by atoms with E-state index < -0.39 is 5.97 Å². The molecule has 1 amide bonds. The lowest BCUT2D eigenvalue weighted by molar-refractivity contribution is -0.151. The normalized spacial score (nSPS) is 24.0. The summed E-state index contributed by atoms with van der Waals surface area (Å²) in [5, 5.41) is 10.1. The van der Waals surface area contributed by atoms with E-state index in [1.54, 1.807) is 18.6 Å². The predicted molar refractivity (Wildman–Crippen MR) is 79.4 cm³/mol. The third kappa shape index (κ3) is 2.42. The highest BCUT2D eigenvalue weighted by Gasteiger charge is 2.54. The molecule has 1 unspecified atom stereocenters. The van der Waals surface area contributed by atoms with Gasteiger partial charge in [0.1, 0.15) is 10.7 Å². The zero-order chi connectivity index (χ0) is 15.0. The maximum atomic E-state index is 12.0. The topological polar surface area (TPSA) is 83.4 Å². The van der Waals surface area contributed by atoms with Crippen LogP contribution in [0.4, 0.5) is 0 Å². The lowest BCUT2D eigenvalue weighted by Crippen LogP contribution is -2.56. The fourth-order valence-corrected chi connectivity index (χ4v) is 4.94. The van der Waals surface area contributed by atoms with Gasteiger partial charge in [0.05, 0.1) is 17.5 Å². The number of β-lactam (4-membered cyclic amide) rings is 1. The fraction of sp³-hybridized carbons (Fsp3) is 0.385. The van der Waals surface area contributed by atoms with Gasteiger partial charge in [-0.05, 0) is 6.42 Å². The molecule has 0 aromatic carbocycles. The number of carbonyl (C=O) groups is 2. The van der Waals surface area contributed by atoms with Crippen LogP contribution in [0.25, 0.3) is 0 Å². The van der Waals surface area contributed by atoms with Crippen LogP contribution in [0.2, 0.25) is 0 Å². The lowest BCUT2D eigenvalue weighted by Gasteiger charge is -2.41. The first-order valence-electron chi connectivity index (χ1n) is 6.48. The van der Waals surface area contributed by atoms with Crippen LogP contribution in [0, 0.1) is 5.92 Å². The average Bonchev–Trinajstić information content (AvgIpc) is 2.82. The number of fused-ring (bicyclic) bond motifs is 1. The Morgan fingerprint density at radius 2 is 2.33 bits per heavy atom. The van der Waals surface area contributed by atoms with Crippen molar-refractivity contribution < 1.29 is 14.7 Å². The van der Waals surface area contributed by atoms with Crippen molar-refractivity contribution in [2.45, 2.75) is 23.7 Å². The number of carboxylic acids is 1. The van der Waals surface area contributed by atoms with Crippen LogP contribution in [-0.4, -0.2) is 43.0 Å². The second-order valence-corrected chi connectivity index (χ2v) is 6.85. The summed E-state index contributed by atoms with van der Waals surface area (Å²) in [6.07, 6.45) is 5.57. The van der Waals surface area contributed by atoms with E-state index in [9.17, 15) is 14.7 Å². The van der Waals surface area contributed by atoms with Crippen LogP contribution in [0.5, 0.6) is 0 Å². The van der Waals surface area contributed by atoms with Crippen LogP contribution in [0.15, 0.2) is 34.2 Å². The van der Waals surface area contributed by atoms with E-state index in [0.717, 1.165) is 16.4 Å². The van der Waals surface area contributed by atoms with E-state index in [-0.39, 0.29) is 22.9 Å². The van der Waals surface area contributed by atoms with Crippen molar-refractivity contribution in [3.05, 3.63) is 29.2 Å². The van der Waals surface area contributed by atoms with Crippen LogP contribution in [-0.2, 0) is 9.59 Å². The van der Waals surface area contributed by atoms with Gasteiger partial charge in [0.15, 0.2) is 0 Å². The number of carbonyl (C=O) groups excluding carboxylic acids is 1. The minimum absolute atomic E-state index is 0.0499. The van der Waals surface area contributed by atoms with Crippen molar-refractivity contribution >= 4 is 35.4 Å². The number of thioether (sulfide) groups is 2. The highest BCUT2D eigenvalue weighted by atomic mass is 32.2. The molecular weight excluding hydrogens is 310 g/mol. The highest BCUT2D eigenvalue weighted by molar-refractivity contribution is 8.06. The Hall–Kier alpha value is -1.54. The molecule has 0 aliphatic carbocycles. The third-order valence-corrected chi connectivity index (χ3v) is 5.98. The van der Waals surface area contributed by atoms with Gasteiger partial charge in [-0.15, -0.1) is 11.8 Å². The van der Waals surface area contributed by atoms with E-state index in [4.69, 9.17) is 0 Å². The van der Waals surface area contributed by atoms with Crippen molar-refractivity contribution in [3.8, 4) is 0 Å². The molecule has 1 aromatic heterocycles. The second kappa shape index (κ2) is 5.69. The first kappa shape index (κ1) is 14.4. The quantitative estimate of drug-likeness (QED) is 0.653. The third-order valence-electron chi connectivity index (χ3n) is 3.45. The molecule has 3 heterocycles. The Balaban J connectivity index is 1.78. The Morgan fingerprint density at radius 3 is 2.95 bits per heavy atom. The number of aliphatic carboxylic acids is 1. The van der Waals surface area contributed by atoms with Crippen LogP contribution >= 0.6 is 23.5 Å². The fourth-order valence-electron chi connectivity index (χ4n) is 2.43. The molecule has 1 fully saturated rings. The van der Waals surface area contributed by atoms with Gasteiger partial charge in [-0.2, -0.15) is 0 Å². The second-order valence-electron chi connectivity index (χ2n) is 4.64. The molecule has 2 aliphatic heterocycles. The predicted octanol–water partition coefficient (Wildman–Crippen LogP) is 1.81. The van der Waals surface area contributed by atoms with E-state index in [2.05, 4.69) is 9.97 Å². The molecule has 0 radical (unpaired) electrons. The number of amides is 1. The minimum atomic E-state index is -1.04. The number of aromatic nitrogens is 2. The van der Waals surface area contributed by atoms with E-state index in [1.807, 2.05) is 6.92 Å². The molecule has 8 heteroatoms. The van der Waals surface area contributed by atoms with Crippen LogP contribution in [0.3, 0.4) is 0 Å². The number of carboxylic acid groups (broad SMARTS) is 1. The molecular formula is C13H13N3O3S2. The Labute approximate surface area is 130 Å². The average molecular weight is 323 g/mol. The SMILES string of the molecule is CCC1C(=O)N2C(C(=O)O)=C(CSc3cnccn3)S[C@H]12. The van der Waals surface area contributed by atoms with Gasteiger partial charge in [0, 0.05) is 23.1 Å². The molecule has 0 spiro atoms. The summed E-state index contributed by atoms with van der Waals surface area (Å²) < 4.78 is 0. The smallest absolute Gasteiger partial charge is 0.353 e. The molecule has 3 rings (SSSR count). The van der Waals surface area contributed by atoms with E-state index >= 15 is 0 Å². The van der Waals surface area contributed by atoms with Crippen molar-refractivity contribution in [3.63, 3.8) is 0 Å². The Kier molecular flexibility index (Phi) is 3.90. The minimum Gasteiger partial charge on any atom is -0.477 e. The lowest BCUT2D eigenvalue weighted by atomic mass is 9.94. The van der Waals surface area contributed by atoms with Gasteiger partial charge in [-0.3, -0.25) is 14.7 Å². The summed E-state index contributed by atoms with van der Waals surface area (Å²) >= 11 is 2.91. The highest BCUT2D eigenvalue weighted by Crippen LogP contribution is 2.51. The zero-order valence-corrected chi connectivity index (χ0v) is 12.9. The standard InChI is InChI=1S/C13H13N3O3S2/c1-2-7-11(17)16-10(13(18)19)8(21-12(7)16)6-20-9-5-14-3-4-15-9/h3-5,7,12H,2,6H2,1H3,(H,18,19)/t7?,12-/m1/s1. The largest absolute Gasteiger partial charge is 0.477 e. The van der Waals surface area contributed by atoms with Crippen molar-refractivity contribution in [1.82, 2.24) is 14.9 Å². The number of hydrogen-bond acceptors (Lipinski definition) is 6. The van der Waals surface area contributed by atoms with Crippen LogP contribution < -0.4 is 0 Å². The van der Waals surface area contributed by atoms with Gasteiger partial charge in [0.25, 0.3) is 0 Å². The summed E-state index contributed by atoms with van der Waals surface area (Å²) in [5.74, 6) is -0.695. The molecule has 21 heavy (non-hydrogen) atoms. The van der Waals surface area contributed by atoms with E-state index in [0.29, 0.717) is 5.75 Å². The summed E-state index contributed by atoms with van der Waals surface area (Å²) in [5.41, 5.74) is 0.135. The maximum Gasteiger partial charge on any atom is 0.353 e. The van der Waals surface area contributed by atoms with Crippen molar-refractivity contribution in [2.24, 2.45) is 5.92 Å². The van der Waals surface area contributed by atoms with Gasteiger partial charge in [-0.1, -0.05) is 18.7 Å². The van der Waals surface area contributed by atoms with Gasteiger partial charge < -0.3 is 5.11 Å². The van der Waals surface area contributed by atoms with E-state index in [1.165, 1.54) is 28.4 Å². The first-order chi connectivity index (χ1) is 10.1. The zero-order valence-electron chi connectivity index (χ0n) is 11.2. The van der Waals surface area contributed by atoms with Crippen molar-refractivity contribution in [1.29, 1.82) is 0 Å². The summed E-state index contributed by atoms with van der Waals surface area (Å²) in [6, 6.07) is 0. The molecule has 110 valence electrons. The molecule has 0 bridgehead atoms. The molecule has 1 saturated heterocycles. The van der Waals surface area contributed by atoms with Crippen LogP contribution in [0.1, 0.15) is 13.3 Å². The monoisotopic (exact) mass is 323 g/mol.